The Morgan fingerprint density at radius 2 is 1.78 bits per heavy atom. The molecular formula is C26H28N6O4. The fourth-order valence-corrected chi connectivity index (χ4v) is 4.56. The van der Waals surface area contributed by atoms with Crippen LogP contribution in [0.5, 0.6) is 11.5 Å². The molecule has 0 spiro atoms. The van der Waals surface area contributed by atoms with Crippen molar-refractivity contribution in [1.82, 2.24) is 29.9 Å². The van der Waals surface area contributed by atoms with Gasteiger partial charge in [0.15, 0.2) is 22.7 Å². The van der Waals surface area contributed by atoms with Gasteiger partial charge in [-0.05, 0) is 43.5 Å². The van der Waals surface area contributed by atoms with Crippen LogP contribution in [-0.2, 0) is 6.54 Å². The second-order valence-corrected chi connectivity index (χ2v) is 8.99. The van der Waals surface area contributed by atoms with Crippen LogP contribution in [0, 0.1) is 6.92 Å². The summed E-state index contributed by atoms with van der Waals surface area (Å²) in [6, 6.07) is 13.3. The van der Waals surface area contributed by atoms with E-state index >= 15 is 0 Å². The van der Waals surface area contributed by atoms with Crippen LogP contribution in [0.3, 0.4) is 0 Å². The number of carbonyl (C=O) groups excluding carboxylic acids is 1. The molecule has 2 aromatic carbocycles. The highest BCUT2D eigenvalue weighted by Gasteiger charge is 2.27. The third kappa shape index (κ3) is 4.53. The first-order valence-corrected chi connectivity index (χ1v) is 11.9. The van der Waals surface area contributed by atoms with Crippen LogP contribution in [0.15, 0.2) is 47.3 Å². The van der Waals surface area contributed by atoms with Gasteiger partial charge in [-0.2, -0.15) is 0 Å². The van der Waals surface area contributed by atoms with E-state index in [4.69, 9.17) is 14.5 Å². The van der Waals surface area contributed by atoms with E-state index in [0.29, 0.717) is 61.0 Å². The van der Waals surface area contributed by atoms with Crippen LogP contribution in [0.25, 0.3) is 11.2 Å². The smallest absolute Gasteiger partial charge is 0.281 e. The highest BCUT2D eigenvalue weighted by molar-refractivity contribution is 5.95. The lowest BCUT2D eigenvalue weighted by atomic mass is 9.95. The van der Waals surface area contributed by atoms with Crippen molar-refractivity contribution in [2.75, 3.05) is 27.3 Å². The van der Waals surface area contributed by atoms with Gasteiger partial charge in [0.2, 0.25) is 0 Å². The van der Waals surface area contributed by atoms with Gasteiger partial charge in [-0.25, -0.2) is 9.67 Å². The lowest BCUT2D eigenvalue weighted by molar-refractivity contribution is 0.0710. The van der Waals surface area contributed by atoms with Gasteiger partial charge in [-0.3, -0.25) is 9.59 Å². The number of aromatic nitrogens is 5. The molecule has 0 saturated carbocycles. The zero-order chi connectivity index (χ0) is 25.2. The number of likely N-dealkylation sites (tertiary alicyclic amines) is 1. The molecule has 0 atom stereocenters. The first kappa shape index (κ1) is 23.5. The quantitative estimate of drug-likeness (QED) is 0.444. The van der Waals surface area contributed by atoms with Crippen molar-refractivity contribution < 1.29 is 14.3 Å². The molecule has 10 heteroatoms. The average molecular weight is 489 g/mol. The summed E-state index contributed by atoms with van der Waals surface area (Å²) < 4.78 is 12.3. The lowest BCUT2D eigenvalue weighted by Gasteiger charge is -2.31. The van der Waals surface area contributed by atoms with Crippen molar-refractivity contribution in [3.63, 3.8) is 0 Å². The second-order valence-electron chi connectivity index (χ2n) is 8.99. The Morgan fingerprint density at radius 3 is 2.47 bits per heavy atom. The summed E-state index contributed by atoms with van der Waals surface area (Å²) in [5.74, 6) is 1.67. The molecule has 10 nitrogen and oxygen atoms in total. The summed E-state index contributed by atoms with van der Waals surface area (Å²) in [6.07, 6.45) is 1.38. The summed E-state index contributed by atoms with van der Waals surface area (Å²) in [7, 11) is 3.11. The van der Waals surface area contributed by atoms with Crippen LogP contribution in [0.2, 0.25) is 0 Å². The number of piperidine rings is 1. The zero-order valence-electron chi connectivity index (χ0n) is 20.5. The monoisotopic (exact) mass is 488 g/mol. The molecular weight excluding hydrogens is 460 g/mol. The number of hydrogen-bond donors (Lipinski definition) is 1. The predicted octanol–water partition coefficient (Wildman–Crippen LogP) is 2.91. The molecule has 5 rings (SSSR count). The van der Waals surface area contributed by atoms with E-state index in [0.717, 1.165) is 5.56 Å². The number of nitrogens with one attached hydrogen (secondary N) is 1. The Morgan fingerprint density at radius 1 is 1.06 bits per heavy atom. The van der Waals surface area contributed by atoms with E-state index in [-0.39, 0.29) is 22.9 Å². The first-order valence-electron chi connectivity index (χ1n) is 11.9. The highest BCUT2D eigenvalue weighted by Crippen LogP contribution is 2.30. The van der Waals surface area contributed by atoms with Gasteiger partial charge >= 0.3 is 0 Å². The number of methoxy groups -OCH3 is 2. The van der Waals surface area contributed by atoms with E-state index in [9.17, 15) is 9.59 Å². The summed E-state index contributed by atoms with van der Waals surface area (Å²) in [5, 5.41) is 8.22. The van der Waals surface area contributed by atoms with E-state index in [2.05, 4.69) is 15.3 Å². The third-order valence-corrected chi connectivity index (χ3v) is 6.64. The van der Waals surface area contributed by atoms with E-state index in [1.165, 1.54) is 5.56 Å². The van der Waals surface area contributed by atoms with Gasteiger partial charge in [-0.15, -0.1) is 5.10 Å². The predicted molar refractivity (Wildman–Crippen MR) is 134 cm³/mol. The van der Waals surface area contributed by atoms with Crippen LogP contribution in [-0.4, -0.2) is 63.1 Å². The molecule has 0 bridgehead atoms. The Hall–Kier alpha value is -4.21. The largest absolute Gasteiger partial charge is 0.493 e. The molecule has 1 amide bonds. The topological polar surface area (TPSA) is 115 Å². The summed E-state index contributed by atoms with van der Waals surface area (Å²) in [4.78, 5) is 35.3. The number of ether oxygens (including phenoxy) is 2. The van der Waals surface area contributed by atoms with Crippen molar-refractivity contribution in [2.24, 2.45) is 0 Å². The molecule has 1 fully saturated rings. The molecule has 1 saturated heterocycles. The highest BCUT2D eigenvalue weighted by atomic mass is 16.5. The number of hydrogen-bond acceptors (Lipinski definition) is 7. The molecule has 3 heterocycles. The van der Waals surface area contributed by atoms with E-state index in [1.54, 1.807) is 37.1 Å². The first-order chi connectivity index (χ1) is 17.5. The molecule has 186 valence electrons. The Labute approximate surface area is 207 Å². The number of nitrogens with zero attached hydrogens (tertiary/aromatic N) is 5. The minimum atomic E-state index is -0.297. The van der Waals surface area contributed by atoms with Gasteiger partial charge in [0.25, 0.3) is 11.5 Å². The van der Waals surface area contributed by atoms with Crippen molar-refractivity contribution >= 4 is 17.1 Å². The number of H-pyrrole nitrogens is 1. The Balaban J connectivity index is 1.32. The maximum Gasteiger partial charge on any atom is 0.281 e. The summed E-state index contributed by atoms with van der Waals surface area (Å²) in [6.45, 7) is 3.63. The van der Waals surface area contributed by atoms with Crippen molar-refractivity contribution in [3.8, 4) is 11.5 Å². The molecule has 2 aromatic heterocycles. The lowest BCUT2D eigenvalue weighted by Crippen LogP contribution is -2.38. The van der Waals surface area contributed by atoms with Crippen LogP contribution in [0.1, 0.15) is 46.1 Å². The number of carbonyl (C=O) groups is 1. The van der Waals surface area contributed by atoms with Gasteiger partial charge in [0, 0.05) is 24.6 Å². The average Bonchev–Trinajstić information content (AvgIpc) is 3.32. The van der Waals surface area contributed by atoms with Crippen LogP contribution in [0.4, 0.5) is 0 Å². The van der Waals surface area contributed by atoms with E-state index < -0.39 is 0 Å². The molecule has 4 aromatic rings. The molecule has 1 aliphatic rings. The summed E-state index contributed by atoms with van der Waals surface area (Å²) >= 11 is 0. The number of fused-ring (bicyclic) bond motifs is 1. The zero-order valence-corrected chi connectivity index (χ0v) is 20.5. The maximum absolute atomic E-state index is 13.1. The molecule has 1 N–H and O–H groups in total. The SMILES string of the molecule is COc1ccc(C(=O)N2CCC(c3nc4c(nnn4Cc4ccc(C)cc4)c(=O)[nH]3)CC2)cc1OC. The summed E-state index contributed by atoms with van der Waals surface area (Å²) in [5.41, 5.74) is 3.18. The van der Waals surface area contributed by atoms with Gasteiger partial charge in [0.05, 0.1) is 20.8 Å². The number of rotatable bonds is 6. The molecule has 0 radical (unpaired) electrons. The van der Waals surface area contributed by atoms with Crippen molar-refractivity contribution in [2.45, 2.75) is 32.2 Å². The molecule has 1 aliphatic heterocycles. The minimum absolute atomic E-state index is 0.0271. The van der Waals surface area contributed by atoms with Crippen molar-refractivity contribution in [3.05, 3.63) is 75.3 Å². The molecule has 0 aliphatic carbocycles. The normalized spacial score (nSPS) is 14.2. The van der Waals surface area contributed by atoms with Gasteiger partial charge in [0.1, 0.15) is 5.82 Å². The second kappa shape index (κ2) is 9.80. The number of amides is 1. The van der Waals surface area contributed by atoms with Crippen LogP contribution >= 0.6 is 0 Å². The standard InChI is InChI=1S/C26H28N6O4/c1-16-4-6-17(7-5-16)15-32-24-22(29-30-32)25(33)28-23(27-24)18-10-12-31(13-11-18)26(34)19-8-9-20(35-2)21(14-19)36-3/h4-9,14,18H,10-13,15H2,1-3H3,(H,27,28,33). The molecule has 0 unspecified atom stereocenters. The van der Waals surface area contributed by atoms with E-state index in [1.807, 2.05) is 36.1 Å². The van der Waals surface area contributed by atoms with Gasteiger partial charge < -0.3 is 19.4 Å². The van der Waals surface area contributed by atoms with Crippen LogP contribution < -0.4 is 15.0 Å². The third-order valence-electron chi connectivity index (χ3n) is 6.64. The number of benzene rings is 2. The molecule has 36 heavy (non-hydrogen) atoms. The Bertz CT molecular complexity index is 1450. The maximum atomic E-state index is 13.1. The minimum Gasteiger partial charge on any atom is -0.493 e. The fraction of sp³-hybridized carbons (Fsp3) is 0.346. The Kier molecular flexibility index (Phi) is 6.41. The number of aromatic amines is 1. The number of aryl methyl sites for hydroxylation is 1. The fourth-order valence-electron chi connectivity index (χ4n) is 4.56. The van der Waals surface area contributed by atoms with Gasteiger partial charge in [-0.1, -0.05) is 35.0 Å². The van der Waals surface area contributed by atoms with Crippen molar-refractivity contribution in [1.29, 1.82) is 0 Å².